The molecule has 7 aromatic carbocycles. The molecule has 4 aromatic heterocycles. The predicted molar refractivity (Wildman–Crippen MR) is 218 cm³/mol. The van der Waals surface area contributed by atoms with Crippen LogP contribution in [0.25, 0.3) is 106 Å². The van der Waals surface area contributed by atoms with Crippen LogP contribution < -0.4 is 0 Å². The molecule has 0 bridgehead atoms. The Balaban J connectivity index is 1.12. The first kappa shape index (κ1) is 30.2. The van der Waals surface area contributed by atoms with E-state index in [9.17, 15) is 0 Å². The maximum atomic E-state index is 6.62. The van der Waals surface area contributed by atoms with Crippen molar-refractivity contribution < 1.29 is 4.42 Å². The Kier molecular flexibility index (Phi) is 6.75. The van der Waals surface area contributed by atoms with Gasteiger partial charge in [0, 0.05) is 49.5 Å². The van der Waals surface area contributed by atoms with Gasteiger partial charge in [-0.05, 0) is 54.6 Å². The van der Waals surface area contributed by atoms with Gasteiger partial charge in [0.25, 0.3) is 0 Å². The molecule has 54 heavy (non-hydrogen) atoms. The lowest BCUT2D eigenvalue weighted by atomic mass is 10.0. The zero-order valence-electron chi connectivity index (χ0n) is 28.9. The van der Waals surface area contributed by atoms with Crippen LogP contribution in [0.15, 0.2) is 180 Å². The minimum absolute atomic E-state index is 0.576. The van der Waals surface area contributed by atoms with Crippen LogP contribution in [-0.4, -0.2) is 24.5 Å². The molecule has 4 heterocycles. The largest absolute Gasteiger partial charge is 0.455 e. The minimum atomic E-state index is 0.576. The van der Waals surface area contributed by atoms with E-state index in [1.165, 1.54) is 10.8 Å². The molecule has 0 aliphatic carbocycles. The summed E-state index contributed by atoms with van der Waals surface area (Å²) >= 11 is 0. The second-order valence-corrected chi connectivity index (χ2v) is 13.5. The van der Waals surface area contributed by atoms with Gasteiger partial charge < -0.3 is 8.98 Å². The molecule has 6 nitrogen and oxygen atoms in total. The van der Waals surface area contributed by atoms with E-state index in [1.54, 1.807) is 0 Å². The topological polar surface area (TPSA) is 69.6 Å². The second kappa shape index (κ2) is 12.1. The third-order valence-electron chi connectivity index (χ3n) is 10.2. The van der Waals surface area contributed by atoms with Gasteiger partial charge in [-0.2, -0.15) is 0 Å². The highest BCUT2D eigenvalue weighted by Crippen LogP contribution is 2.41. The molecule has 0 saturated heterocycles. The van der Waals surface area contributed by atoms with Crippen molar-refractivity contribution >= 4 is 54.6 Å². The van der Waals surface area contributed by atoms with Gasteiger partial charge in [0.1, 0.15) is 11.2 Å². The number of hydrogen-bond donors (Lipinski definition) is 0. The molecule has 11 rings (SSSR count). The first-order valence-electron chi connectivity index (χ1n) is 18.0. The lowest BCUT2D eigenvalue weighted by Crippen LogP contribution is -2.01. The average Bonchev–Trinajstić information content (AvgIpc) is 3.80. The minimum Gasteiger partial charge on any atom is -0.455 e. The van der Waals surface area contributed by atoms with Gasteiger partial charge in [0.2, 0.25) is 0 Å². The van der Waals surface area contributed by atoms with E-state index in [2.05, 4.69) is 102 Å². The van der Waals surface area contributed by atoms with Gasteiger partial charge in [0.15, 0.2) is 17.5 Å². The number of nitrogens with zero attached hydrogens (tertiary/aromatic N) is 5. The third-order valence-corrected chi connectivity index (χ3v) is 10.2. The molecule has 0 aliphatic rings. The molecule has 0 spiro atoms. The summed E-state index contributed by atoms with van der Waals surface area (Å²) in [5.41, 5.74) is 10.4. The lowest BCUT2D eigenvalue weighted by Gasteiger charge is -2.11. The number of fused-ring (bicyclic) bond motifs is 8. The Labute approximate surface area is 309 Å². The molecule has 6 heteroatoms. The maximum Gasteiger partial charge on any atom is 0.164 e. The van der Waals surface area contributed by atoms with Crippen molar-refractivity contribution in [1.82, 2.24) is 24.5 Å². The van der Waals surface area contributed by atoms with Gasteiger partial charge in [-0.15, -0.1) is 0 Å². The molecule has 11 aromatic rings. The molecule has 0 saturated carbocycles. The number of furan rings is 1. The van der Waals surface area contributed by atoms with Crippen molar-refractivity contribution in [3.63, 3.8) is 0 Å². The zero-order chi connectivity index (χ0) is 35.6. The third kappa shape index (κ3) is 4.81. The van der Waals surface area contributed by atoms with Crippen molar-refractivity contribution in [2.75, 3.05) is 0 Å². The van der Waals surface area contributed by atoms with Crippen molar-refractivity contribution in [3.05, 3.63) is 176 Å². The first-order valence-corrected chi connectivity index (χ1v) is 18.0. The summed E-state index contributed by atoms with van der Waals surface area (Å²) in [6.45, 7) is 0. The molecular formula is C48H29N5O. The summed E-state index contributed by atoms with van der Waals surface area (Å²) in [5, 5.41) is 5.33. The fourth-order valence-corrected chi connectivity index (χ4v) is 7.74. The second-order valence-electron chi connectivity index (χ2n) is 13.5. The highest BCUT2D eigenvalue weighted by Gasteiger charge is 2.20. The van der Waals surface area contributed by atoms with Crippen molar-refractivity contribution in [1.29, 1.82) is 0 Å². The van der Waals surface area contributed by atoms with E-state index in [1.807, 2.05) is 78.9 Å². The normalized spacial score (nSPS) is 11.7. The summed E-state index contributed by atoms with van der Waals surface area (Å²) in [4.78, 5) is 20.5. The number of benzene rings is 7. The predicted octanol–water partition coefficient (Wildman–Crippen LogP) is 12.1. The van der Waals surface area contributed by atoms with Gasteiger partial charge >= 0.3 is 0 Å². The first-order chi connectivity index (χ1) is 26.8. The van der Waals surface area contributed by atoms with Crippen molar-refractivity contribution in [2.24, 2.45) is 0 Å². The van der Waals surface area contributed by atoms with Gasteiger partial charge in [-0.1, -0.05) is 121 Å². The van der Waals surface area contributed by atoms with Gasteiger partial charge in [0.05, 0.1) is 27.6 Å². The van der Waals surface area contributed by atoms with E-state index in [0.717, 1.165) is 77.5 Å². The zero-order valence-corrected chi connectivity index (χ0v) is 28.9. The molecular weight excluding hydrogens is 663 g/mol. The van der Waals surface area contributed by atoms with Crippen LogP contribution >= 0.6 is 0 Å². The maximum absolute atomic E-state index is 6.62. The van der Waals surface area contributed by atoms with E-state index in [4.69, 9.17) is 24.4 Å². The van der Waals surface area contributed by atoms with Gasteiger partial charge in [-0.25, -0.2) is 19.9 Å². The number of aromatic nitrogens is 5. The number of pyridine rings is 1. The molecule has 0 aliphatic heterocycles. The van der Waals surface area contributed by atoms with Crippen LogP contribution in [0.1, 0.15) is 0 Å². The van der Waals surface area contributed by atoms with E-state index in [0.29, 0.717) is 17.5 Å². The highest BCUT2D eigenvalue weighted by molar-refractivity contribution is 6.19. The Bertz CT molecular complexity index is 3170. The SMILES string of the molecule is c1ccc(-c2nc(-c3cccc(-n4c5ccccc5c5ccccc54)c3)nc(-c3ccc4oc5c6ccccc6nc(-c6ccccc6)c5c4c3)n2)cc1. The van der Waals surface area contributed by atoms with E-state index >= 15 is 0 Å². The number of rotatable bonds is 5. The lowest BCUT2D eigenvalue weighted by molar-refractivity contribution is 0.672. The Morgan fingerprint density at radius 2 is 0.944 bits per heavy atom. The van der Waals surface area contributed by atoms with Crippen LogP contribution in [0, 0.1) is 0 Å². The Morgan fingerprint density at radius 1 is 0.389 bits per heavy atom. The quantitative estimate of drug-likeness (QED) is 0.180. The fraction of sp³-hybridized carbons (Fsp3) is 0. The fourth-order valence-electron chi connectivity index (χ4n) is 7.74. The Hall–Kier alpha value is -7.44. The molecule has 0 N–H and O–H groups in total. The standard InChI is InChI=1S/C48H29N5O/c1-3-14-30(15-4-1)44-43-38-29-33(26-27-42(38)54-45(43)37-22-7-10-23-39(37)49-44)48-51-46(31-16-5-2-6-17-31)50-47(52-48)32-18-13-19-34(28-32)53-40-24-11-8-20-35(40)36-21-9-12-25-41(36)53/h1-29H. The molecule has 0 amide bonds. The summed E-state index contributed by atoms with van der Waals surface area (Å²) in [6, 6.07) is 60.2. The van der Waals surface area contributed by atoms with Crippen LogP contribution in [0.4, 0.5) is 0 Å². The van der Waals surface area contributed by atoms with E-state index in [-0.39, 0.29) is 0 Å². The van der Waals surface area contributed by atoms with E-state index < -0.39 is 0 Å². The van der Waals surface area contributed by atoms with Crippen LogP contribution in [0.2, 0.25) is 0 Å². The van der Waals surface area contributed by atoms with Crippen LogP contribution in [-0.2, 0) is 0 Å². The van der Waals surface area contributed by atoms with Crippen LogP contribution in [0.3, 0.4) is 0 Å². The number of para-hydroxylation sites is 3. The monoisotopic (exact) mass is 691 g/mol. The average molecular weight is 692 g/mol. The number of hydrogen-bond acceptors (Lipinski definition) is 5. The van der Waals surface area contributed by atoms with Gasteiger partial charge in [-0.3, -0.25) is 0 Å². The molecule has 0 fully saturated rings. The van der Waals surface area contributed by atoms with Crippen LogP contribution in [0.5, 0.6) is 0 Å². The summed E-state index contributed by atoms with van der Waals surface area (Å²) in [7, 11) is 0. The summed E-state index contributed by atoms with van der Waals surface area (Å²) in [6.07, 6.45) is 0. The Morgan fingerprint density at radius 3 is 1.65 bits per heavy atom. The summed E-state index contributed by atoms with van der Waals surface area (Å²) in [5.74, 6) is 1.77. The highest BCUT2D eigenvalue weighted by atomic mass is 16.3. The smallest absolute Gasteiger partial charge is 0.164 e. The molecule has 252 valence electrons. The van der Waals surface area contributed by atoms with Crippen molar-refractivity contribution in [3.8, 4) is 51.1 Å². The summed E-state index contributed by atoms with van der Waals surface area (Å²) < 4.78 is 8.93. The molecule has 0 atom stereocenters. The molecule has 0 radical (unpaired) electrons. The van der Waals surface area contributed by atoms with Crippen molar-refractivity contribution in [2.45, 2.75) is 0 Å². The molecule has 0 unspecified atom stereocenters.